The zero-order valence-electron chi connectivity index (χ0n) is 7.77. The topological polar surface area (TPSA) is 25.2 Å². The molecule has 13 heavy (non-hydrogen) atoms. The molecule has 1 fully saturated rings. The van der Waals surface area contributed by atoms with E-state index in [4.69, 9.17) is 4.42 Å². The molecule has 72 valence electrons. The Labute approximate surface area is 86.8 Å². The molecule has 1 saturated heterocycles. The minimum atomic E-state index is 0.456. The van der Waals surface area contributed by atoms with Crippen molar-refractivity contribution in [2.45, 2.75) is 19.8 Å². The van der Waals surface area contributed by atoms with E-state index in [2.05, 4.69) is 34.2 Å². The van der Waals surface area contributed by atoms with Crippen LogP contribution in [0.1, 0.15) is 19.1 Å². The lowest BCUT2D eigenvalue weighted by atomic mass is 9.76. The van der Waals surface area contributed by atoms with Crippen molar-refractivity contribution in [3.63, 3.8) is 0 Å². The second-order valence-electron chi connectivity index (χ2n) is 3.84. The van der Waals surface area contributed by atoms with E-state index >= 15 is 0 Å². The molecular weight excluding hydrogens is 230 g/mol. The highest BCUT2D eigenvalue weighted by atomic mass is 79.9. The Balaban J connectivity index is 2.04. The van der Waals surface area contributed by atoms with Crippen molar-refractivity contribution in [1.29, 1.82) is 0 Å². The maximum absolute atomic E-state index is 5.51. The predicted molar refractivity (Wildman–Crippen MR) is 55.7 cm³/mol. The first kappa shape index (κ1) is 9.28. The first-order valence-corrected chi connectivity index (χ1v) is 5.48. The molecule has 3 heteroatoms. The van der Waals surface area contributed by atoms with Crippen molar-refractivity contribution >= 4 is 15.9 Å². The molecule has 1 aliphatic rings. The van der Waals surface area contributed by atoms with Gasteiger partial charge in [-0.05, 0) is 34.5 Å². The summed E-state index contributed by atoms with van der Waals surface area (Å²) in [5.41, 5.74) is 0.456. The van der Waals surface area contributed by atoms with Crippen LogP contribution in [0, 0.1) is 5.41 Å². The molecule has 2 nitrogen and oxygen atoms in total. The van der Waals surface area contributed by atoms with E-state index in [0.29, 0.717) is 5.41 Å². The lowest BCUT2D eigenvalue weighted by Gasteiger charge is -2.41. The van der Waals surface area contributed by atoms with Crippen LogP contribution >= 0.6 is 15.9 Å². The summed E-state index contributed by atoms with van der Waals surface area (Å²) in [5.74, 6) is 1.09. The van der Waals surface area contributed by atoms with Crippen molar-refractivity contribution in [3.05, 3.63) is 22.6 Å². The van der Waals surface area contributed by atoms with Crippen LogP contribution in [-0.4, -0.2) is 13.1 Å². The van der Waals surface area contributed by atoms with Crippen molar-refractivity contribution < 1.29 is 4.42 Å². The van der Waals surface area contributed by atoms with Crippen LogP contribution in [-0.2, 0) is 6.42 Å². The van der Waals surface area contributed by atoms with E-state index in [9.17, 15) is 0 Å². The summed E-state index contributed by atoms with van der Waals surface area (Å²) >= 11 is 3.32. The van der Waals surface area contributed by atoms with Gasteiger partial charge < -0.3 is 9.73 Å². The molecule has 0 radical (unpaired) electrons. The summed E-state index contributed by atoms with van der Waals surface area (Å²) in [7, 11) is 0. The fourth-order valence-electron chi connectivity index (χ4n) is 1.79. The molecular formula is C10H14BrNO. The molecule has 0 atom stereocenters. The third-order valence-corrected chi connectivity index (χ3v) is 3.35. The van der Waals surface area contributed by atoms with E-state index in [-0.39, 0.29) is 0 Å². The zero-order chi connectivity index (χ0) is 9.31. The fraction of sp³-hybridized carbons (Fsp3) is 0.600. The highest BCUT2D eigenvalue weighted by molar-refractivity contribution is 9.10. The van der Waals surface area contributed by atoms with Crippen LogP contribution < -0.4 is 5.32 Å². The van der Waals surface area contributed by atoms with Gasteiger partial charge >= 0.3 is 0 Å². The average molecular weight is 244 g/mol. The summed E-state index contributed by atoms with van der Waals surface area (Å²) in [6.45, 7) is 4.50. The third-order valence-electron chi connectivity index (χ3n) is 2.93. The summed E-state index contributed by atoms with van der Waals surface area (Å²) < 4.78 is 6.34. The predicted octanol–water partition coefficient (Wildman–Crippen LogP) is 2.58. The third kappa shape index (κ3) is 1.81. The molecule has 0 spiro atoms. The zero-order valence-corrected chi connectivity index (χ0v) is 9.36. The Hall–Kier alpha value is -0.280. The van der Waals surface area contributed by atoms with E-state index in [1.807, 2.05) is 6.07 Å². The van der Waals surface area contributed by atoms with Crippen molar-refractivity contribution in [1.82, 2.24) is 5.32 Å². The Kier molecular flexibility index (Phi) is 2.47. The number of nitrogens with one attached hydrogen (secondary N) is 1. The van der Waals surface area contributed by atoms with Crippen LogP contribution in [0.5, 0.6) is 0 Å². The van der Waals surface area contributed by atoms with Crippen molar-refractivity contribution in [3.8, 4) is 0 Å². The van der Waals surface area contributed by atoms with Gasteiger partial charge in [0.15, 0.2) is 4.67 Å². The van der Waals surface area contributed by atoms with Crippen LogP contribution in [0.3, 0.4) is 0 Å². The van der Waals surface area contributed by atoms with Crippen molar-refractivity contribution in [2.75, 3.05) is 13.1 Å². The SMILES string of the molecule is CCC1(Cc2ccc(Br)o2)CNC1. The minimum Gasteiger partial charge on any atom is -0.454 e. The molecule has 1 aliphatic heterocycles. The Morgan fingerprint density at radius 3 is 2.69 bits per heavy atom. The summed E-state index contributed by atoms with van der Waals surface area (Å²) in [6.07, 6.45) is 2.28. The molecule has 2 heterocycles. The van der Waals surface area contributed by atoms with E-state index in [1.165, 1.54) is 6.42 Å². The molecule has 0 saturated carbocycles. The van der Waals surface area contributed by atoms with Crippen LogP contribution in [0.15, 0.2) is 21.2 Å². The lowest BCUT2D eigenvalue weighted by molar-refractivity contribution is 0.150. The van der Waals surface area contributed by atoms with E-state index < -0.39 is 0 Å². The second kappa shape index (κ2) is 3.46. The smallest absolute Gasteiger partial charge is 0.169 e. The number of hydrogen-bond donors (Lipinski definition) is 1. The lowest BCUT2D eigenvalue weighted by Crippen LogP contribution is -2.54. The van der Waals surface area contributed by atoms with Gasteiger partial charge in [0.05, 0.1) is 0 Å². The Bertz CT molecular complexity index is 285. The maximum Gasteiger partial charge on any atom is 0.169 e. The van der Waals surface area contributed by atoms with Crippen LogP contribution in [0.4, 0.5) is 0 Å². The van der Waals surface area contributed by atoms with E-state index in [0.717, 1.165) is 29.9 Å². The minimum absolute atomic E-state index is 0.456. The number of furan rings is 1. The number of hydrogen-bond acceptors (Lipinski definition) is 2. The largest absolute Gasteiger partial charge is 0.454 e. The molecule has 0 unspecified atom stereocenters. The number of rotatable bonds is 3. The molecule has 0 aromatic carbocycles. The van der Waals surface area contributed by atoms with E-state index in [1.54, 1.807) is 0 Å². The Morgan fingerprint density at radius 1 is 1.54 bits per heavy atom. The summed E-state index contributed by atoms with van der Waals surface area (Å²) in [6, 6.07) is 4.02. The molecule has 1 aromatic heterocycles. The van der Waals surface area contributed by atoms with Gasteiger partial charge in [0, 0.05) is 24.9 Å². The second-order valence-corrected chi connectivity index (χ2v) is 4.62. The highest BCUT2D eigenvalue weighted by Crippen LogP contribution is 2.32. The maximum atomic E-state index is 5.51. The first-order chi connectivity index (χ1) is 6.24. The summed E-state index contributed by atoms with van der Waals surface area (Å²) in [4.78, 5) is 0. The quantitative estimate of drug-likeness (QED) is 0.884. The summed E-state index contributed by atoms with van der Waals surface area (Å²) in [5, 5.41) is 3.33. The number of halogens is 1. The molecule has 0 amide bonds. The van der Waals surface area contributed by atoms with Gasteiger partial charge in [0.1, 0.15) is 5.76 Å². The highest BCUT2D eigenvalue weighted by Gasteiger charge is 2.35. The molecule has 1 N–H and O–H groups in total. The molecule has 0 bridgehead atoms. The van der Waals surface area contributed by atoms with Gasteiger partial charge in [-0.25, -0.2) is 0 Å². The van der Waals surface area contributed by atoms with Crippen molar-refractivity contribution in [2.24, 2.45) is 5.41 Å². The average Bonchev–Trinajstić information content (AvgIpc) is 2.44. The van der Waals surface area contributed by atoms with Gasteiger partial charge in [-0.3, -0.25) is 0 Å². The van der Waals surface area contributed by atoms with Gasteiger partial charge in [-0.15, -0.1) is 0 Å². The normalized spacial score (nSPS) is 19.8. The van der Waals surface area contributed by atoms with Gasteiger partial charge in [0.2, 0.25) is 0 Å². The van der Waals surface area contributed by atoms with Gasteiger partial charge in [-0.1, -0.05) is 6.92 Å². The monoisotopic (exact) mass is 243 g/mol. The van der Waals surface area contributed by atoms with Gasteiger partial charge in [0.25, 0.3) is 0 Å². The van der Waals surface area contributed by atoms with Gasteiger partial charge in [-0.2, -0.15) is 0 Å². The first-order valence-electron chi connectivity index (χ1n) is 4.69. The Morgan fingerprint density at radius 2 is 2.31 bits per heavy atom. The fourth-order valence-corrected chi connectivity index (χ4v) is 2.13. The van der Waals surface area contributed by atoms with Crippen LogP contribution in [0.25, 0.3) is 0 Å². The molecule has 2 rings (SSSR count). The molecule has 1 aromatic rings. The standard InChI is InChI=1S/C10H14BrNO/c1-2-10(6-12-7-10)5-8-3-4-9(11)13-8/h3-4,12H,2,5-7H2,1H3. The van der Waals surface area contributed by atoms with Crippen LogP contribution in [0.2, 0.25) is 0 Å². The molecule has 0 aliphatic carbocycles.